The first-order valence-corrected chi connectivity index (χ1v) is 6.04. The Hall–Kier alpha value is -2.15. The largest absolute Gasteiger partial charge is 0.364 e. The zero-order valence-electron chi connectivity index (χ0n) is 10.6. The van der Waals surface area contributed by atoms with Gasteiger partial charge in [0.15, 0.2) is 0 Å². The molecule has 1 heterocycles. The normalized spacial score (nSPS) is 18.4. The highest BCUT2D eigenvalue weighted by Gasteiger charge is 2.26. The molecule has 1 aliphatic rings. The van der Waals surface area contributed by atoms with Gasteiger partial charge in [0.25, 0.3) is 11.6 Å². The summed E-state index contributed by atoms with van der Waals surface area (Å²) in [6.45, 7) is 1.23. The second-order valence-corrected chi connectivity index (χ2v) is 4.53. The molecule has 1 atom stereocenters. The zero-order chi connectivity index (χ0) is 14.0. The third-order valence-corrected chi connectivity index (χ3v) is 3.23. The quantitative estimate of drug-likeness (QED) is 0.611. The smallest absolute Gasteiger partial charge is 0.292 e. The van der Waals surface area contributed by atoms with Gasteiger partial charge >= 0.3 is 0 Å². The molecule has 1 aliphatic heterocycles. The number of nitrogens with zero attached hydrogens (tertiary/aromatic N) is 2. The minimum Gasteiger partial charge on any atom is -0.364 e. The van der Waals surface area contributed by atoms with E-state index in [0.717, 1.165) is 6.42 Å². The summed E-state index contributed by atoms with van der Waals surface area (Å²) >= 11 is 0. The van der Waals surface area contributed by atoms with Crippen molar-refractivity contribution >= 4 is 17.3 Å². The summed E-state index contributed by atoms with van der Waals surface area (Å²) in [5.74, 6) is -0.264. The third-order valence-electron chi connectivity index (χ3n) is 3.23. The second-order valence-electron chi connectivity index (χ2n) is 4.53. The fourth-order valence-corrected chi connectivity index (χ4v) is 2.22. The summed E-state index contributed by atoms with van der Waals surface area (Å²) in [4.78, 5) is 24.1. The van der Waals surface area contributed by atoms with E-state index in [9.17, 15) is 14.9 Å². The lowest BCUT2D eigenvalue weighted by Crippen LogP contribution is -2.27. The van der Waals surface area contributed by atoms with Gasteiger partial charge in [0.05, 0.1) is 4.92 Å². The average molecular weight is 264 g/mol. The van der Waals surface area contributed by atoms with Crippen LogP contribution >= 0.6 is 0 Å². The van der Waals surface area contributed by atoms with Crippen LogP contribution in [-0.2, 0) is 0 Å². The number of carbonyl (C=O) groups excluding carboxylic acids is 1. The molecule has 3 N–H and O–H groups in total. The molecule has 7 nitrogen and oxygen atoms in total. The predicted molar refractivity (Wildman–Crippen MR) is 71.3 cm³/mol. The molecule has 1 aromatic carbocycles. The van der Waals surface area contributed by atoms with Crippen molar-refractivity contribution in [1.29, 1.82) is 0 Å². The van der Waals surface area contributed by atoms with E-state index in [1.54, 1.807) is 6.07 Å². The van der Waals surface area contributed by atoms with Crippen LogP contribution in [0.2, 0.25) is 0 Å². The molecule has 0 saturated carbocycles. The summed E-state index contributed by atoms with van der Waals surface area (Å²) in [7, 11) is 1.52. The van der Waals surface area contributed by atoms with Crippen LogP contribution in [0.5, 0.6) is 0 Å². The van der Waals surface area contributed by atoms with Gasteiger partial charge in [-0.15, -0.1) is 0 Å². The molecule has 0 aliphatic carbocycles. The van der Waals surface area contributed by atoms with Crippen LogP contribution in [0.1, 0.15) is 16.8 Å². The van der Waals surface area contributed by atoms with Crippen LogP contribution in [0.15, 0.2) is 18.2 Å². The number of nitrogens with one attached hydrogen (secondary N) is 1. The number of carbonyl (C=O) groups is 1. The maximum Gasteiger partial charge on any atom is 0.292 e. The Kier molecular flexibility index (Phi) is 3.66. The van der Waals surface area contributed by atoms with Crippen molar-refractivity contribution in [2.75, 3.05) is 25.0 Å². The lowest BCUT2D eigenvalue weighted by molar-refractivity contribution is -0.384. The summed E-state index contributed by atoms with van der Waals surface area (Å²) in [5, 5.41) is 13.6. The van der Waals surface area contributed by atoms with E-state index < -0.39 is 4.92 Å². The highest BCUT2D eigenvalue weighted by atomic mass is 16.6. The number of nitro groups is 1. The van der Waals surface area contributed by atoms with Crippen LogP contribution in [0.25, 0.3) is 0 Å². The topological polar surface area (TPSA) is 101 Å². The molecule has 1 unspecified atom stereocenters. The average Bonchev–Trinajstić information content (AvgIpc) is 2.83. The molecule has 0 aromatic heterocycles. The number of hydrogen-bond acceptors (Lipinski definition) is 5. The monoisotopic (exact) mass is 264 g/mol. The number of amides is 1. The van der Waals surface area contributed by atoms with Gasteiger partial charge in [-0.3, -0.25) is 14.9 Å². The Morgan fingerprint density at radius 2 is 2.32 bits per heavy atom. The molecule has 1 aromatic rings. The molecule has 2 rings (SSSR count). The molecule has 1 fully saturated rings. The van der Waals surface area contributed by atoms with E-state index in [0.29, 0.717) is 24.3 Å². The maximum absolute atomic E-state index is 11.6. The van der Waals surface area contributed by atoms with E-state index in [1.165, 1.54) is 19.2 Å². The number of anilines is 1. The van der Waals surface area contributed by atoms with E-state index in [-0.39, 0.29) is 17.6 Å². The van der Waals surface area contributed by atoms with Crippen LogP contribution in [0, 0.1) is 10.1 Å². The molecular formula is C12H16N4O3. The molecular weight excluding hydrogens is 248 g/mol. The molecule has 1 saturated heterocycles. The van der Waals surface area contributed by atoms with Crippen molar-refractivity contribution in [2.24, 2.45) is 5.73 Å². The zero-order valence-corrected chi connectivity index (χ0v) is 10.6. The molecule has 0 bridgehead atoms. The Balaban J connectivity index is 2.42. The van der Waals surface area contributed by atoms with Crippen molar-refractivity contribution in [3.8, 4) is 0 Å². The van der Waals surface area contributed by atoms with Crippen molar-refractivity contribution in [1.82, 2.24) is 5.32 Å². The minimum atomic E-state index is -0.438. The van der Waals surface area contributed by atoms with Crippen LogP contribution < -0.4 is 16.0 Å². The van der Waals surface area contributed by atoms with Gasteiger partial charge in [0.2, 0.25) is 0 Å². The third kappa shape index (κ3) is 2.65. The summed E-state index contributed by atoms with van der Waals surface area (Å²) in [5.41, 5.74) is 6.69. The molecule has 1 amide bonds. The fourth-order valence-electron chi connectivity index (χ4n) is 2.22. The molecule has 0 spiro atoms. The maximum atomic E-state index is 11.6. The Morgan fingerprint density at radius 3 is 2.84 bits per heavy atom. The Labute approximate surface area is 110 Å². The molecule has 19 heavy (non-hydrogen) atoms. The van der Waals surface area contributed by atoms with Crippen LogP contribution in [0.3, 0.4) is 0 Å². The first-order valence-electron chi connectivity index (χ1n) is 6.04. The molecule has 0 radical (unpaired) electrons. The number of benzene rings is 1. The summed E-state index contributed by atoms with van der Waals surface area (Å²) in [6, 6.07) is 4.39. The van der Waals surface area contributed by atoms with Gasteiger partial charge in [-0.25, -0.2) is 0 Å². The minimum absolute atomic E-state index is 0.00162. The summed E-state index contributed by atoms with van der Waals surface area (Å²) < 4.78 is 0. The highest BCUT2D eigenvalue weighted by molar-refractivity contribution is 5.95. The van der Waals surface area contributed by atoms with Crippen molar-refractivity contribution in [3.05, 3.63) is 33.9 Å². The second kappa shape index (κ2) is 5.23. The fraction of sp³-hybridized carbons (Fsp3) is 0.417. The standard InChI is InChI=1S/C12H16N4O3/c1-14-12(17)8-2-3-10(16(18)19)11(6-8)15-5-4-9(13)7-15/h2-3,6,9H,4-5,7,13H2,1H3,(H,14,17). The van der Waals surface area contributed by atoms with Crippen LogP contribution in [0.4, 0.5) is 11.4 Å². The van der Waals surface area contributed by atoms with E-state index >= 15 is 0 Å². The van der Waals surface area contributed by atoms with Gasteiger partial charge in [-0.1, -0.05) is 0 Å². The Bertz CT molecular complexity index is 518. The number of hydrogen-bond donors (Lipinski definition) is 2. The molecule has 102 valence electrons. The van der Waals surface area contributed by atoms with Gasteiger partial charge in [0, 0.05) is 37.8 Å². The Morgan fingerprint density at radius 1 is 1.58 bits per heavy atom. The van der Waals surface area contributed by atoms with Gasteiger partial charge < -0.3 is 16.0 Å². The summed E-state index contributed by atoms with van der Waals surface area (Å²) in [6.07, 6.45) is 0.793. The van der Waals surface area contributed by atoms with Gasteiger partial charge in [0.1, 0.15) is 5.69 Å². The van der Waals surface area contributed by atoms with Crippen molar-refractivity contribution in [2.45, 2.75) is 12.5 Å². The van der Waals surface area contributed by atoms with Crippen LogP contribution in [-0.4, -0.2) is 37.0 Å². The van der Waals surface area contributed by atoms with E-state index in [2.05, 4.69) is 5.32 Å². The SMILES string of the molecule is CNC(=O)c1ccc([N+](=O)[O-])c(N2CCC(N)C2)c1. The van der Waals surface area contributed by atoms with Gasteiger partial charge in [-0.05, 0) is 18.6 Å². The highest BCUT2D eigenvalue weighted by Crippen LogP contribution is 2.31. The number of nitrogens with two attached hydrogens (primary N) is 1. The van der Waals surface area contributed by atoms with E-state index in [1.807, 2.05) is 4.90 Å². The first kappa shape index (κ1) is 13.3. The van der Waals surface area contributed by atoms with E-state index in [4.69, 9.17) is 5.73 Å². The number of rotatable bonds is 3. The lowest BCUT2D eigenvalue weighted by Gasteiger charge is -2.18. The first-order chi connectivity index (χ1) is 9.02. The van der Waals surface area contributed by atoms with Crippen molar-refractivity contribution < 1.29 is 9.72 Å². The molecule has 7 heteroatoms. The number of nitro benzene ring substituents is 1. The van der Waals surface area contributed by atoms with Crippen molar-refractivity contribution in [3.63, 3.8) is 0 Å². The van der Waals surface area contributed by atoms with Gasteiger partial charge in [-0.2, -0.15) is 0 Å². The lowest BCUT2D eigenvalue weighted by atomic mass is 10.1. The predicted octanol–water partition coefficient (Wildman–Crippen LogP) is 0.492.